The average Bonchev–Trinajstić information content (AvgIpc) is 2.52. The zero-order chi connectivity index (χ0) is 14.9. The molecule has 1 aliphatic heterocycles. The standard InChI is InChI=1S/C16H22O4S/c17-16(18)14(10-20-15-6-8-19-9-7-15)12-21-11-13-4-2-1-3-5-13/h1-5,14-15H,6-12H2,(H,17,18). The van der Waals surface area contributed by atoms with E-state index in [0.717, 1.165) is 18.6 Å². The summed E-state index contributed by atoms with van der Waals surface area (Å²) in [6.07, 6.45) is 1.88. The second-order valence-electron chi connectivity index (χ2n) is 5.18. The third-order valence-electron chi connectivity index (χ3n) is 3.48. The SMILES string of the molecule is O=C(O)C(COC1CCOCC1)CSCc1ccccc1. The van der Waals surface area contributed by atoms with Crippen molar-refractivity contribution in [3.8, 4) is 0 Å². The van der Waals surface area contributed by atoms with E-state index in [1.54, 1.807) is 11.8 Å². The highest BCUT2D eigenvalue weighted by molar-refractivity contribution is 7.98. The minimum Gasteiger partial charge on any atom is -0.481 e. The summed E-state index contributed by atoms with van der Waals surface area (Å²) in [6, 6.07) is 10.1. The van der Waals surface area contributed by atoms with Crippen molar-refractivity contribution in [2.45, 2.75) is 24.7 Å². The molecule has 0 radical (unpaired) electrons. The van der Waals surface area contributed by atoms with Gasteiger partial charge in [-0.25, -0.2) is 0 Å². The predicted octanol–water partition coefficient (Wildman–Crippen LogP) is 2.82. The first-order valence-electron chi connectivity index (χ1n) is 7.29. The van der Waals surface area contributed by atoms with Crippen molar-refractivity contribution in [3.05, 3.63) is 35.9 Å². The number of thioether (sulfide) groups is 1. The highest BCUT2D eigenvalue weighted by atomic mass is 32.2. The van der Waals surface area contributed by atoms with Gasteiger partial charge in [0.2, 0.25) is 0 Å². The molecule has 0 bridgehead atoms. The van der Waals surface area contributed by atoms with Crippen molar-refractivity contribution in [2.75, 3.05) is 25.6 Å². The summed E-state index contributed by atoms with van der Waals surface area (Å²) in [5, 5.41) is 9.28. The van der Waals surface area contributed by atoms with Crippen molar-refractivity contribution >= 4 is 17.7 Å². The lowest BCUT2D eigenvalue weighted by Gasteiger charge is -2.24. The number of hydrogen-bond acceptors (Lipinski definition) is 4. The molecule has 0 saturated carbocycles. The van der Waals surface area contributed by atoms with Gasteiger partial charge < -0.3 is 14.6 Å². The summed E-state index contributed by atoms with van der Waals surface area (Å²) in [7, 11) is 0. The maximum absolute atomic E-state index is 11.3. The zero-order valence-electron chi connectivity index (χ0n) is 12.1. The minimum absolute atomic E-state index is 0.153. The van der Waals surface area contributed by atoms with Crippen LogP contribution >= 0.6 is 11.8 Å². The molecule has 1 heterocycles. The first-order valence-corrected chi connectivity index (χ1v) is 8.45. The van der Waals surface area contributed by atoms with Gasteiger partial charge in [-0.3, -0.25) is 4.79 Å². The first-order chi connectivity index (χ1) is 10.3. The van der Waals surface area contributed by atoms with Crippen molar-refractivity contribution in [1.82, 2.24) is 0 Å². The van der Waals surface area contributed by atoms with E-state index in [0.29, 0.717) is 25.6 Å². The fourth-order valence-electron chi connectivity index (χ4n) is 2.18. The molecular formula is C16H22O4S. The molecule has 2 rings (SSSR count). The first kappa shape index (κ1) is 16.3. The van der Waals surface area contributed by atoms with Gasteiger partial charge in [0.15, 0.2) is 0 Å². The predicted molar refractivity (Wildman–Crippen MR) is 83.5 cm³/mol. The maximum atomic E-state index is 11.3. The Morgan fingerprint density at radius 1 is 1.33 bits per heavy atom. The number of aliphatic carboxylic acids is 1. The van der Waals surface area contributed by atoms with Gasteiger partial charge in [0.25, 0.3) is 0 Å². The van der Waals surface area contributed by atoms with Gasteiger partial charge in [-0.15, -0.1) is 0 Å². The molecule has 1 N–H and O–H groups in total. The van der Waals surface area contributed by atoms with E-state index in [2.05, 4.69) is 12.1 Å². The molecule has 1 aliphatic rings. The Morgan fingerprint density at radius 3 is 2.71 bits per heavy atom. The summed E-state index contributed by atoms with van der Waals surface area (Å²) in [5.74, 6) is 0.194. The normalized spacial score (nSPS) is 17.5. The minimum atomic E-state index is -0.775. The van der Waals surface area contributed by atoms with Crippen molar-refractivity contribution in [2.24, 2.45) is 5.92 Å². The molecule has 116 valence electrons. The molecule has 1 saturated heterocycles. The number of ether oxygens (including phenoxy) is 2. The Hall–Kier alpha value is -1.04. The van der Waals surface area contributed by atoms with E-state index >= 15 is 0 Å². The lowest BCUT2D eigenvalue weighted by atomic mass is 10.1. The van der Waals surface area contributed by atoms with Gasteiger partial charge in [-0.2, -0.15) is 11.8 Å². The van der Waals surface area contributed by atoms with Crippen molar-refractivity contribution in [1.29, 1.82) is 0 Å². The maximum Gasteiger partial charge on any atom is 0.309 e. The van der Waals surface area contributed by atoms with Crippen LogP contribution in [-0.2, 0) is 20.0 Å². The summed E-state index contributed by atoms with van der Waals surface area (Å²) in [5.41, 5.74) is 1.22. The Morgan fingerprint density at radius 2 is 2.05 bits per heavy atom. The van der Waals surface area contributed by atoms with Crippen LogP contribution in [0.25, 0.3) is 0 Å². The third kappa shape index (κ3) is 6.08. The number of carboxylic acid groups (broad SMARTS) is 1. The van der Waals surface area contributed by atoms with Crippen LogP contribution in [0.2, 0.25) is 0 Å². The Balaban J connectivity index is 1.70. The number of benzene rings is 1. The van der Waals surface area contributed by atoms with Gasteiger partial charge in [0.1, 0.15) is 0 Å². The van der Waals surface area contributed by atoms with Crippen LogP contribution in [0.5, 0.6) is 0 Å². The molecule has 1 aromatic carbocycles. The van der Waals surface area contributed by atoms with Gasteiger partial charge >= 0.3 is 5.97 Å². The fourth-order valence-corrected chi connectivity index (χ4v) is 3.25. The fraction of sp³-hybridized carbons (Fsp3) is 0.562. The molecule has 0 spiro atoms. The zero-order valence-corrected chi connectivity index (χ0v) is 12.9. The van der Waals surface area contributed by atoms with Gasteiger partial charge in [0.05, 0.1) is 18.6 Å². The Kier molecular flexibility index (Phi) is 7.06. The molecule has 1 unspecified atom stereocenters. The molecule has 21 heavy (non-hydrogen) atoms. The van der Waals surface area contributed by atoms with E-state index < -0.39 is 11.9 Å². The van der Waals surface area contributed by atoms with Crippen LogP contribution in [0.4, 0.5) is 0 Å². The smallest absolute Gasteiger partial charge is 0.309 e. The topological polar surface area (TPSA) is 55.8 Å². The summed E-state index contributed by atoms with van der Waals surface area (Å²) >= 11 is 1.64. The quantitative estimate of drug-likeness (QED) is 0.800. The average molecular weight is 310 g/mol. The summed E-state index contributed by atoms with van der Waals surface area (Å²) in [4.78, 5) is 11.3. The summed E-state index contributed by atoms with van der Waals surface area (Å²) in [6.45, 7) is 1.72. The van der Waals surface area contributed by atoms with Crippen LogP contribution in [0.3, 0.4) is 0 Å². The monoisotopic (exact) mass is 310 g/mol. The van der Waals surface area contributed by atoms with E-state index in [1.165, 1.54) is 5.56 Å². The van der Waals surface area contributed by atoms with Crippen LogP contribution in [0, 0.1) is 5.92 Å². The largest absolute Gasteiger partial charge is 0.481 e. The van der Waals surface area contributed by atoms with Crippen LogP contribution in [-0.4, -0.2) is 42.8 Å². The van der Waals surface area contributed by atoms with E-state index in [-0.39, 0.29) is 6.10 Å². The molecule has 4 nitrogen and oxygen atoms in total. The van der Waals surface area contributed by atoms with Crippen molar-refractivity contribution < 1.29 is 19.4 Å². The van der Waals surface area contributed by atoms with Crippen LogP contribution < -0.4 is 0 Å². The van der Waals surface area contributed by atoms with E-state index in [4.69, 9.17) is 9.47 Å². The highest BCUT2D eigenvalue weighted by Gasteiger charge is 2.21. The molecular weight excluding hydrogens is 288 g/mol. The lowest BCUT2D eigenvalue weighted by molar-refractivity contribution is -0.144. The number of rotatable bonds is 8. The molecule has 0 aromatic heterocycles. The molecule has 1 fully saturated rings. The number of carbonyl (C=O) groups is 1. The molecule has 1 aromatic rings. The highest BCUT2D eigenvalue weighted by Crippen LogP contribution is 2.18. The molecule has 0 amide bonds. The third-order valence-corrected chi connectivity index (χ3v) is 4.66. The molecule has 0 aliphatic carbocycles. The number of hydrogen-bond donors (Lipinski definition) is 1. The Bertz CT molecular complexity index is 418. The summed E-state index contributed by atoms with van der Waals surface area (Å²) < 4.78 is 11.0. The number of carboxylic acids is 1. The van der Waals surface area contributed by atoms with Gasteiger partial charge in [0, 0.05) is 24.7 Å². The van der Waals surface area contributed by atoms with Gasteiger partial charge in [-0.05, 0) is 18.4 Å². The van der Waals surface area contributed by atoms with Crippen LogP contribution in [0.15, 0.2) is 30.3 Å². The van der Waals surface area contributed by atoms with Gasteiger partial charge in [-0.1, -0.05) is 30.3 Å². The van der Waals surface area contributed by atoms with E-state index in [1.807, 2.05) is 18.2 Å². The van der Waals surface area contributed by atoms with Crippen molar-refractivity contribution in [3.63, 3.8) is 0 Å². The second-order valence-corrected chi connectivity index (χ2v) is 6.21. The molecule has 5 heteroatoms. The second kappa shape index (κ2) is 9.07. The lowest BCUT2D eigenvalue weighted by Crippen LogP contribution is -2.29. The molecule has 1 atom stereocenters. The van der Waals surface area contributed by atoms with Crippen LogP contribution in [0.1, 0.15) is 18.4 Å². The Labute approximate surface area is 129 Å². The van der Waals surface area contributed by atoms with E-state index in [9.17, 15) is 9.90 Å².